The third kappa shape index (κ3) is 4.09. The average molecular weight is 385 g/mol. The highest BCUT2D eigenvalue weighted by molar-refractivity contribution is 5.81. The molecule has 2 rings (SSSR count). The van der Waals surface area contributed by atoms with E-state index in [-0.39, 0.29) is 24.0 Å². The van der Waals surface area contributed by atoms with Crippen LogP contribution in [-0.4, -0.2) is 39.3 Å². The maximum absolute atomic E-state index is 5.31. The smallest absolute Gasteiger partial charge is 0.119 e. The van der Waals surface area contributed by atoms with Crippen molar-refractivity contribution in [3.8, 4) is 5.75 Å². The van der Waals surface area contributed by atoms with Crippen LogP contribution in [0.4, 0.5) is 0 Å². The van der Waals surface area contributed by atoms with E-state index in [1.54, 1.807) is 7.11 Å². The Kier molecular flexibility index (Phi) is 5.83. The first-order chi connectivity index (χ1) is 8.90. The predicted octanol–water partition coefficient (Wildman–Crippen LogP) is 0.291. The lowest BCUT2D eigenvalue weighted by Gasteiger charge is -2.27. The summed E-state index contributed by atoms with van der Waals surface area (Å²) in [4.78, 5) is 0. The molecule has 0 aromatic heterocycles. The maximum atomic E-state index is 5.31. The zero-order valence-corrected chi connectivity index (χ0v) is 15.0. The van der Waals surface area contributed by atoms with Crippen molar-refractivity contribution in [1.82, 2.24) is 0 Å². The van der Waals surface area contributed by atoms with Crippen LogP contribution in [0, 0.1) is 0 Å². The summed E-state index contributed by atoms with van der Waals surface area (Å²) in [5.74, 6) is 0.942. The van der Waals surface area contributed by atoms with Crippen molar-refractivity contribution >= 4 is 5.57 Å². The molecular formula is C17H24INO. The van der Waals surface area contributed by atoms with Crippen LogP contribution in [0.15, 0.2) is 36.4 Å². The van der Waals surface area contributed by atoms with Crippen molar-refractivity contribution in [3.63, 3.8) is 0 Å². The van der Waals surface area contributed by atoms with E-state index >= 15 is 0 Å². The van der Waals surface area contributed by atoms with Gasteiger partial charge in [-0.1, -0.05) is 18.7 Å². The number of hydrogen-bond acceptors (Lipinski definition) is 1. The highest BCUT2D eigenvalue weighted by Crippen LogP contribution is 2.33. The van der Waals surface area contributed by atoms with E-state index in [2.05, 4.69) is 45.9 Å². The Morgan fingerprint density at radius 2 is 2.00 bits per heavy atom. The molecular weight excluding hydrogens is 361 g/mol. The molecule has 0 saturated heterocycles. The Morgan fingerprint density at radius 3 is 2.60 bits per heavy atom. The number of halogens is 1. The molecule has 0 bridgehead atoms. The number of methoxy groups -OCH3 is 1. The van der Waals surface area contributed by atoms with E-state index < -0.39 is 0 Å². The van der Waals surface area contributed by atoms with Gasteiger partial charge in [-0.15, -0.1) is 0 Å². The fraction of sp³-hybridized carbons (Fsp3) is 0.412. The summed E-state index contributed by atoms with van der Waals surface area (Å²) in [7, 11) is 8.31. The predicted molar refractivity (Wildman–Crippen MR) is 81.3 cm³/mol. The van der Waals surface area contributed by atoms with E-state index in [0.29, 0.717) is 0 Å². The van der Waals surface area contributed by atoms with Crippen molar-refractivity contribution in [1.29, 1.82) is 0 Å². The monoisotopic (exact) mass is 385 g/mol. The number of quaternary nitrogens is 1. The molecule has 0 radical (unpaired) electrons. The molecule has 3 heteroatoms. The molecule has 0 unspecified atom stereocenters. The maximum Gasteiger partial charge on any atom is 0.119 e. The van der Waals surface area contributed by atoms with Gasteiger partial charge in [0.25, 0.3) is 0 Å². The third-order valence-corrected chi connectivity index (χ3v) is 3.41. The molecule has 1 aliphatic rings. The number of ether oxygens (including phenoxy) is 1. The lowest BCUT2D eigenvalue weighted by atomic mass is 9.87. The van der Waals surface area contributed by atoms with Crippen molar-refractivity contribution in [2.24, 2.45) is 0 Å². The van der Waals surface area contributed by atoms with Crippen LogP contribution in [0.1, 0.15) is 17.5 Å². The number of allylic oxidation sites excluding steroid dienone is 1. The van der Waals surface area contributed by atoms with Gasteiger partial charge in [-0.3, -0.25) is 0 Å². The molecule has 0 heterocycles. The van der Waals surface area contributed by atoms with Crippen LogP contribution in [-0.2, 0) is 6.42 Å². The summed E-state index contributed by atoms with van der Waals surface area (Å²) >= 11 is 0. The Morgan fingerprint density at radius 1 is 1.30 bits per heavy atom. The summed E-state index contributed by atoms with van der Waals surface area (Å²) in [6.45, 7) is 5.26. The molecule has 20 heavy (non-hydrogen) atoms. The summed E-state index contributed by atoms with van der Waals surface area (Å²) in [6.07, 6.45) is 4.51. The van der Waals surface area contributed by atoms with Gasteiger partial charge in [0, 0.05) is 5.57 Å². The normalized spacial score (nSPS) is 13.9. The Balaban J connectivity index is 0.00000200. The van der Waals surface area contributed by atoms with Crippen LogP contribution >= 0.6 is 0 Å². The molecule has 1 aromatic rings. The topological polar surface area (TPSA) is 9.23 Å². The third-order valence-electron chi connectivity index (χ3n) is 3.41. The van der Waals surface area contributed by atoms with Gasteiger partial charge in [-0.25, -0.2) is 0 Å². The molecule has 1 aromatic carbocycles. The molecule has 0 amide bonds. The summed E-state index contributed by atoms with van der Waals surface area (Å²) < 4.78 is 6.22. The molecule has 110 valence electrons. The van der Waals surface area contributed by atoms with Gasteiger partial charge < -0.3 is 33.2 Å². The minimum atomic E-state index is 0. The van der Waals surface area contributed by atoms with E-state index in [1.165, 1.54) is 22.3 Å². The van der Waals surface area contributed by atoms with Crippen LogP contribution in [0.2, 0.25) is 0 Å². The molecule has 0 atom stereocenters. The number of aryl methyl sites for hydroxylation is 1. The number of hydrogen-bond donors (Lipinski definition) is 0. The first kappa shape index (κ1) is 17.2. The fourth-order valence-corrected chi connectivity index (χ4v) is 2.64. The molecule has 1 aliphatic carbocycles. The largest absolute Gasteiger partial charge is 1.00 e. The minimum absolute atomic E-state index is 0. The van der Waals surface area contributed by atoms with E-state index in [9.17, 15) is 0 Å². The Hall–Kier alpha value is -0.810. The summed E-state index contributed by atoms with van der Waals surface area (Å²) in [6, 6.07) is 6.36. The zero-order chi connectivity index (χ0) is 14.0. The number of nitrogens with zero attached hydrogens (tertiary/aromatic N) is 1. The van der Waals surface area contributed by atoms with Gasteiger partial charge in [-0.2, -0.15) is 0 Å². The van der Waals surface area contributed by atoms with Crippen molar-refractivity contribution in [3.05, 3.63) is 47.6 Å². The minimum Gasteiger partial charge on any atom is -1.00 e. The van der Waals surface area contributed by atoms with Gasteiger partial charge >= 0.3 is 0 Å². The van der Waals surface area contributed by atoms with Gasteiger partial charge in [0.05, 0.1) is 28.3 Å². The highest BCUT2D eigenvalue weighted by atomic mass is 127. The van der Waals surface area contributed by atoms with Crippen LogP contribution in [0.25, 0.3) is 5.57 Å². The number of rotatable bonds is 4. The molecule has 2 nitrogen and oxygen atoms in total. The van der Waals surface area contributed by atoms with E-state index in [4.69, 9.17) is 4.74 Å². The molecule has 0 aliphatic heterocycles. The van der Waals surface area contributed by atoms with Crippen molar-refractivity contribution in [2.45, 2.75) is 12.8 Å². The van der Waals surface area contributed by atoms with Gasteiger partial charge in [0.15, 0.2) is 0 Å². The summed E-state index contributed by atoms with van der Waals surface area (Å²) in [5.41, 5.74) is 5.24. The van der Waals surface area contributed by atoms with Gasteiger partial charge in [-0.05, 0) is 41.7 Å². The number of fused-ring (bicyclic) bond motifs is 1. The standard InChI is InChI=1S/C17H24NO.HI/c1-13(12-18(2,3)4)16-8-6-7-14-11-15(19-5)9-10-17(14)16;/h8-11H,1,6-7,12H2,2-5H3;1H/q+1;/p-1. The van der Waals surface area contributed by atoms with Gasteiger partial charge in [0.1, 0.15) is 12.3 Å². The van der Waals surface area contributed by atoms with Crippen LogP contribution < -0.4 is 28.7 Å². The van der Waals surface area contributed by atoms with Crippen LogP contribution in [0.3, 0.4) is 0 Å². The molecule has 0 fully saturated rings. The van der Waals surface area contributed by atoms with Crippen LogP contribution in [0.5, 0.6) is 5.75 Å². The van der Waals surface area contributed by atoms with Crippen molar-refractivity contribution < 1.29 is 33.2 Å². The second-order valence-electron chi connectivity index (χ2n) is 6.23. The first-order valence-electron chi connectivity index (χ1n) is 6.77. The van der Waals surface area contributed by atoms with E-state index in [1.807, 2.05) is 6.07 Å². The molecule has 0 spiro atoms. The van der Waals surface area contributed by atoms with Gasteiger partial charge in [0.2, 0.25) is 0 Å². The SMILES string of the molecule is C=C(C[N+](C)(C)C)C1=CCCc2cc(OC)ccc21.[I-]. The lowest BCUT2D eigenvalue weighted by molar-refractivity contribution is -0.865. The Labute approximate surface area is 139 Å². The first-order valence-corrected chi connectivity index (χ1v) is 6.77. The average Bonchev–Trinajstić information content (AvgIpc) is 2.35. The molecule has 0 saturated carbocycles. The lowest BCUT2D eigenvalue weighted by Crippen LogP contribution is -3.00. The number of likely N-dealkylation sites (N-methyl/N-ethyl adjacent to an activating group) is 1. The quantitative estimate of drug-likeness (QED) is 0.535. The molecule has 0 N–H and O–H groups in total. The summed E-state index contributed by atoms with van der Waals surface area (Å²) in [5, 5.41) is 0. The highest BCUT2D eigenvalue weighted by Gasteiger charge is 2.19. The second-order valence-corrected chi connectivity index (χ2v) is 6.23. The van der Waals surface area contributed by atoms with E-state index in [0.717, 1.165) is 29.6 Å². The number of benzene rings is 1. The fourth-order valence-electron chi connectivity index (χ4n) is 2.64. The second kappa shape index (κ2) is 6.76. The zero-order valence-electron chi connectivity index (χ0n) is 12.9. The van der Waals surface area contributed by atoms with Crippen molar-refractivity contribution in [2.75, 3.05) is 34.8 Å². The Bertz CT molecular complexity index is 526.